The minimum Gasteiger partial charge on any atom is -0.379 e. The number of likely N-dealkylation sites (N-methyl/N-ethyl adjacent to an activating group) is 1. The Hall–Kier alpha value is 0.170. The van der Waals surface area contributed by atoms with E-state index in [1.807, 2.05) is 0 Å². The maximum atomic E-state index is 5.54. The van der Waals surface area contributed by atoms with E-state index in [0.717, 1.165) is 19.2 Å². The Morgan fingerprint density at radius 2 is 2.00 bits per heavy atom. The average Bonchev–Trinajstić information content (AvgIpc) is 2.25. The molecule has 1 heterocycles. The minimum absolute atomic E-state index is 0.595. The van der Waals surface area contributed by atoms with Gasteiger partial charge in [0.1, 0.15) is 0 Å². The van der Waals surface area contributed by atoms with E-state index < -0.39 is 0 Å². The van der Waals surface area contributed by atoms with Crippen molar-refractivity contribution in [3.63, 3.8) is 0 Å². The molecule has 1 aliphatic rings. The SMILES string of the molecule is CN1CCC(N(C)CCOCCCl)CC1. The number of hydrogen-bond acceptors (Lipinski definition) is 3. The molecule has 1 fully saturated rings. The molecule has 90 valence electrons. The van der Waals surface area contributed by atoms with Crippen molar-refractivity contribution in [2.45, 2.75) is 18.9 Å². The number of piperidine rings is 1. The molecule has 1 saturated heterocycles. The summed E-state index contributed by atoms with van der Waals surface area (Å²) in [5, 5.41) is 0. The molecule has 0 unspecified atom stereocenters. The van der Waals surface area contributed by atoms with Crippen LogP contribution in [0.4, 0.5) is 0 Å². The van der Waals surface area contributed by atoms with Gasteiger partial charge in [0.15, 0.2) is 0 Å². The first-order valence-electron chi connectivity index (χ1n) is 5.76. The Kier molecular flexibility index (Phi) is 6.57. The summed E-state index contributed by atoms with van der Waals surface area (Å²) in [6.07, 6.45) is 2.56. The molecular formula is C11H23ClN2O. The summed E-state index contributed by atoms with van der Waals surface area (Å²) in [5.74, 6) is 0.595. The molecule has 0 saturated carbocycles. The first kappa shape index (κ1) is 13.2. The molecule has 15 heavy (non-hydrogen) atoms. The van der Waals surface area contributed by atoms with Gasteiger partial charge in [0.05, 0.1) is 13.2 Å². The van der Waals surface area contributed by atoms with E-state index in [0.29, 0.717) is 12.5 Å². The predicted molar refractivity (Wildman–Crippen MR) is 64.7 cm³/mol. The second-order valence-electron chi connectivity index (χ2n) is 4.32. The van der Waals surface area contributed by atoms with Crippen molar-refractivity contribution in [3.05, 3.63) is 0 Å². The van der Waals surface area contributed by atoms with Crippen LogP contribution < -0.4 is 0 Å². The van der Waals surface area contributed by atoms with Crippen LogP contribution in [0.25, 0.3) is 0 Å². The molecule has 0 atom stereocenters. The maximum Gasteiger partial charge on any atom is 0.0602 e. The van der Waals surface area contributed by atoms with Crippen LogP contribution in [-0.2, 0) is 4.74 Å². The first-order chi connectivity index (χ1) is 7.24. The Labute approximate surface area is 98.3 Å². The lowest BCUT2D eigenvalue weighted by atomic mass is 10.0. The smallest absolute Gasteiger partial charge is 0.0602 e. The molecule has 0 aromatic rings. The van der Waals surface area contributed by atoms with Crippen molar-refractivity contribution >= 4 is 11.6 Å². The fourth-order valence-electron chi connectivity index (χ4n) is 1.98. The third-order valence-corrected chi connectivity index (χ3v) is 3.28. The predicted octanol–water partition coefficient (Wildman–Crippen LogP) is 1.27. The fraction of sp³-hybridized carbons (Fsp3) is 1.00. The van der Waals surface area contributed by atoms with Gasteiger partial charge in [0, 0.05) is 18.5 Å². The summed E-state index contributed by atoms with van der Waals surface area (Å²) in [4.78, 5) is 4.82. The van der Waals surface area contributed by atoms with Gasteiger partial charge >= 0.3 is 0 Å². The van der Waals surface area contributed by atoms with Crippen LogP contribution in [0.3, 0.4) is 0 Å². The monoisotopic (exact) mass is 234 g/mol. The topological polar surface area (TPSA) is 15.7 Å². The summed E-state index contributed by atoms with van der Waals surface area (Å²) in [5.41, 5.74) is 0. The third-order valence-electron chi connectivity index (χ3n) is 3.12. The van der Waals surface area contributed by atoms with Gasteiger partial charge in [-0.2, -0.15) is 0 Å². The minimum atomic E-state index is 0.595. The van der Waals surface area contributed by atoms with Crippen LogP contribution >= 0.6 is 11.6 Å². The number of likely N-dealkylation sites (tertiary alicyclic amines) is 1. The maximum absolute atomic E-state index is 5.54. The van der Waals surface area contributed by atoms with Gasteiger partial charge in [-0.3, -0.25) is 0 Å². The van der Waals surface area contributed by atoms with E-state index in [2.05, 4.69) is 23.9 Å². The Balaban J connectivity index is 2.08. The zero-order valence-corrected chi connectivity index (χ0v) is 10.7. The van der Waals surface area contributed by atoms with Crippen molar-refractivity contribution in [2.75, 3.05) is 52.8 Å². The van der Waals surface area contributed by atoms with Crippen LogP contribution in [-0.4, -0.2) is 68.7 Å². The molecule has 0 amide bonds. The zero-order chi connectivity index (χ0) is 11.1. The van der Waals surface area contributed by atoms with E-state index in [-0.39, 0.29) is 0 Å². The largest absolute Gasteiger partial charge is 0.379 e. The molecule has 1 aliphatic heterocycles. The van der Waals surface area contributed by atoms with Crippen LogP contribution in [0.5, 0.6) is 0 Å². The zero-order valence-electron chi connectivity index (χ0n) is 9.91. The van der Waals surface area contributed by atoms with E-state index in [4.69, 9.17) is 16.3 Å². The lowest BCUT2D eigenvalue weighted by Crippen LogP contribution is -2.43. The molecule has 0 radical (unpaired) electrons. The van der Waals surface area contributed by atoms with Gasteiger partial charge in [-0.25, -0.2) is 0 Å². The third kappa shape index (κ3) is 5.16. The summed E-state index contributed by atoms with van der Waals surface area (Å²) < 4.78 is 5.38. The van der Waals surface area contributed by atoms with Gasteiger partial charge in [0.25, 0.3) is 0 Å². The van der Waals surface area contributed by atoms with Crippen LogP contribution in [0.2, 0.25) is 0 Å². The second-order valence-corrected chi connectivity index (χ2v) is 4.69. The highest BCUT2D eigenvalue weighted by Crippen LogP contribution is 2.13. The van der Waals surface area contributed by atoms with Crippen molar-refractivity contribution in [1.82, 2.24) is 9.80 Å². The molecule has 0 aromatic heterocycles. The van der Waals surface area contributed by atoms with Crippen molar-refractivity contribution < 1.29 is 4.74 Å². The Morgan fingerprint density at radius 3 is 2.60 bits per heavy atom. The molecule has 0 N–H and O–H groups in total. The Morgan fingerprint density at radius 1 is 1.33 bits per heavy atom. The van der Waals surface area contributed by atoms with Crippen molar-refractivity contribution in [3.8, 4) is 0 Å². The van der Waals surface area contributed by atoms with E-state index in [1.165, 1.54) is 25.9 Å². The highest BCUT2D eigenvalue weighted by molar-refractivity contribution is 6.17. The van der Waals surface area contributed by atoms with Crippen LogP contribution in [0.1, 0.15) is 12.8 Å². The van der Waals surface area contributed by atoms with E-state index in [9.17, 15) is 0 Å². The molecule has 0 bridgehead atoms. The van der Waals surface area contributed by atoms with Gasteiger partial charge in [-0.05, 0) is 40.0 Å². The molecule has 0 aliphatic carbocycles. The van der Waals surface area contributed by atoms with Crippen LogP contribution in [0.15, 0.2) is 0 Å². The lowest BCUT2D eigenvalue weighted by molar-refractivity contribution is 0.0873. The highest BCUT2D eigenvalue weighted by atomic mass is 35.5. The van der Waals surface area contributed by atoms with Crippen molar-refractivity contribution in [1.29, 1.82) is 0 Å². The summed E-state index contributed by atoms with van der Waals surface area (Å²) in [6.45, 7) is 4.93. The van der Waals surface area contributed by atoms with E-state index in [1.54, 1.807) is 0 Å². The van der Waals surface area contributed by atoms with Crippen LogP contribution in [0, 0.1) is 0 Å². The quantitative estimate of drug-likeness (QED) is 0.509. The number of alkyl halides is 1. The van der Waals surface area contributed by atoms with E-state index >= 15 is 0 Å². The molecule has 0 aromatic carbocycles. The normalized spacial score (nSPS) is 20.0. The average molecular weight is 235 g/mol. The molecule has 4 heteroatoms. The number of nitrogens with zero attached hydrogens (tertiary/aromatic N) is 2. The summed E-state index contributed by atoms with van der Waals surface area (Å²) in [7, 11) is 4.39. The van der Waals surface area contributed by atoms with Crippen molar-refractivity contribution in [2.24, 2.45) is 0 Å². The summed E-state index contributed by atoms with van der Waals surface area (Å²) >= 11 is 5.54. The standard InChI is InChI=1S/C11H23ClN2O/c1-13-6-3-11(4-7-13)14(2)8-10-15-9-5-12/h11H,3-10H2,1-2H3. The number of hydrogen-bond donors (Lipinski definition) is 0. The number of rotatable bonds is 6. The molecule has 1 rings (SSSR count). The Bertz CT molecular complexity index is 161. The fourth-order valence-corrected chi connectivity index (χ4v) is 2.09. The molecule has 0 spiro atoms. The number of ether oxygens (including phenoxy) is 1. The summed E-state index contributed by atoms with van der Waals surface area (Å²) in [6, 6.07) is 0.737. The number of halogens is 1. The van der Waals surface area contributed by atoms with Gasteiger partial charge in [-0.15, -0.1) is 11.6 Å². The first-order valence-corrected chi connectivity index (χ1v) is 6.30. The lowest BCUT2D eigenvalue weighted by Gasteiger charge is -2.35. The second kappa shape index (κ2) is 7.44. The highest BCUT2D eigenvalue weighted by Gasteiger charge is 2.19. The molecule has 3 nitrogen and oxygen atoms in total. The van der Waals surface area contributed by atoms with Gasteiger partial charge in [0.2, 0.25) is 0 Å². The molecular weight excluding hydrogens is 212 g/mol. The van der Waals surface area contributed by atoms with Gasteiger partial charge in [-0.1, -0.05) is 0 Å². The van der Waals surface area contributed by atoms with Gasteiger partial charge < -0.3 is 14.5 Å².